The standard InChI is InChI=1S/C14H15Cl2N3O/c15-11-5-4-10(8-12(11)16)9-13-17-14(20)19(18-13)6-2-1-3-7-19/h4-5,8H,1-3,6-7,9H2. The summed E-state index contributed by atoms with van der Waals surface area (Å²) >= 11 is 11.9. The first-order valence-corrected chi connectivity index (χ1v) is 7.51. The monoisotopic (exact) mass is 311 g/mol. The van der Waals surface area contributed by atoms with E-state index in [1.54, 1.807) is 12.1 Å². The van der Waals surface area contributed by atoms with Gasteiger partial charge in [-0.3, -0.25) is 0 Å². The molecular weight excluding hydrogens is 297 g/mol. The number of quaternary nitrogens is 1. The van der Waals surface area contributed by atoms with Gasteiger partial charge in [0.1, 0.15) is 13.1 Å². The Hall–Kier alpha value is -1.10. The van der Waals surface area contributed by atoms with Gasteiger partial charge in [-0.1, -0.05) is 34.4 Å². The quantitative estimate of drug-likeness (QED) is 0.774. The number of piperidine rings is 1. The van der Waals surface area contributed by atoms with Crippen LogP contribution >= 0.6 is 23.2 Å². The highest BCUT2D eigenvalue weighted by Crippen LogP contribution is 2.26. The second kappa shape index (κ2) is 5.35. The Labute approximate surface area is 127 Å². The van der Waals surface area contributed by atoms with Crippen LogP contribution in [0.2, 0.25) is 10.0 Å². The largest absolute Gasteiger partial charge is 0.814 e. The topological polar surface area (TPSA) is 47.8 Å². The molecule has 0 bridgehead atoms. The van der Waals surface area contributed by atoms with Crippen LogP contribution in [0.5, 0.6) is 0 Å². The molecule has 0 radical (unpaired) electrons. The molecule has 6 heteroatoms. The lowest BCUT2D eigenvalue weighted by Crippen LogP contribution is -2.54. The smallest absolute Gasteiger partial charge is 0.199 e. The molecule has 0 unspecified atom stereocenters. The predicted molar refractivity (Wildman–Crippen MR) is 78.9 cm³/mol. The fourth-order valence-electron chi connectivity index (χ4n) is 2.72. The van der Waals surface area contributed by atoms with Gasteiger partial charge < -0.3 is 5.11 Å². The van der Waals surface area contributed by atoms with Crippen molar-refractivity contribution in [3.8, 4) is 0 Å². The van der Waals surface area contributed by atoms with E-state index < -0.39 is 0 Å². The summed E-state index contributed by atoms with van der Waals surface area (Å²) in [5.41, 5.74) is 0.965. The number of benzene rings is 1. The molecule has 0 amide bonds. The lowest BCUT2D eigenvalue weighted by atomic mass is 10.1. The van der Waals surface area contributed by atoms with E-state index in [1.807, 2.05) is 6.07 Å². The van der Waals surface area contributed by atoms with E-state index in [9.17, 15) is 5.11 Å². The number of hydrogen-bond donors (Lipinski definition) is 0. The third-order valence-corrected chi connectivity index (χ3v) is 4.53. The minimum absolute atomic E-state index is 0.125. The molecule has 2 aliphatic rings. The molecule has 106 valence electrons. The highest BCUT2D eigenvalue weighted by atomic mass is 35.5. The highest BCUT2D eigenvalue weighted by Gasteiger charge is 2.36. The maximum absolute atomic E-state index is 12.1. The summed E-state index contributed by atoms with van der Waals surface area (Å²) in [6.07, 6.45) is 3.75. The SMILES string of the molecule is [O-]C1=NC(Cc2ccc(Cl)c(Cl)c2)=N[N+]12CCCCC2. The molecule has 1 aromatic rings. The molecule has 0 N–H and O–H groups in total. The summed E-state index contributed by atoms with van der Waals surface area (Å²) in [5.74, 6) is 0.593. The van der Waals surface area contributed by atoms with Crippen LogP contribution in [0.25, 0.3) is 0 Å². The lowest BCUT2D eigenvalue weighted by Gasteiger charge is -2.34. The number of amidine groups is 2. The summed E-state index contributed by atoms with van der Waals surface area (Å²) in [4.78, 5) is 4.12. The van der Waals surface area contributed by atoms with Crippen molar-refractivity contribution in [3.05, 3.63) is 33.8 Å². The normalized spacial score (nSPS) is 20.9. The van der Waals surface area contributed by atoms with E-state index in [1.165, 1.54) is 6.42 Å². The van der Waals surface area contributed by atoms with Gasteiger partial charge in [-0.25, -0.2) is 0 Å². The van der Waals surface area contributed by atoms with Gasteiger partial charge >= 0.3 is 0 Å². The molecule has 0 saturated carbocycles. The van der Waals surface area contributed by atoms with Crippen LogP contribution in [-0.4, -0.2) is 29.5 Å². The zero-order valence-corrected chi connectivity index (χ0v) is 12.5. The Kier molecular flexibility index (Phi) is 3.71. The Morgan fingerprint density at radius 2 is 1.85 bits per heavy atom. The van der Waals surface area contributed by atoms with Gasteiger partial charge in [0.05, 0.1) is 10.0 Å². The van der Waals surface area contributed by atoms with Crippen molar-refractivity contribution in [2.45, 2.75) is 25.7 Å². The van der Waals surface area contributed by atoms with E-state index in [0.717, 1.165) is 31.5 Å². The van der Waals surface area contributed by atoms with E-state index >= 15 is 0 Å². The van der Waals surface area contributed by atoms with Gasteiger partial charge in [-0.05, 0) is 37.0 Å². The van der Waals surface area contributed by atoms with Crippen molar-refractivity contribution in [1.82, 2.24) is 0 Å². The van der Waals surface area contributed by atoms with Crippen LogP contribution in [0.4, 0.5) is 0 Å². The minimum atomic E-state index is -0.125. The van der Waals surface area contributed by atoms with Gasteiger partial charge in [0.15, 0.2) is 11.9 Å². The second-order valence-electron chi connectivity index (χ2n) is 5.27. The van der Waals surface area contributed by atoms with Crippen LogP contribution < -0.4 is 5.11 Å². The lowest BCUT2D eigenvalue weighted by molar-refractivity contribution is -0.876. The van der Waals surface area contributed by atoms with Crippen LogP contribution in [0, 0.1) is 0 Å². The van der Waals surface area contributed by atoms with Crippen molar-refractivity contribution in [3.63, 3.8) is 0 Å². The fourth-order valence-corrected chi connectivity index (χ4v) is 3.04. The Morgan fingerprint density at radius 1 is 1.10 bits per heavy atom. The van der Waals surface area contributed by atoms with Crippen LogP contribution in [0.15, 0.2) is 28.3 Å². The molecule has 1 fully saturated rings. The van der Waals surface area contributed by atoms with Crippen molar-refractivity contribution < 1.29 is 9.70 Å². The molecule has 1 aromatic carbocycles. The second-order valence-corrected chi connectivity index (χ2v) is 6.08. The molecule has 1 saturated heterocycles. The third kappa shape index (κ3) is 2.55. The van der Waals surface area contributed by atoms with Crippen LogP contribution in [0.3, 0.4) is 0 Å². The number of hydrogen-bond acceptors (Lipinski definition) is 3. The summed E-state index contributed by atoms with van der Waals surface area (Å²) in [7, 11) is 0. The van der Waals surface area contributed by atoms with Crippen molar-refractivity contribution in [2.75, 3.05) is 13.1 Å². The first-order chi connectivity index (χ1) is 9.59. The van der Waals surface area contributed by atoms with Gasteiger partial charge in [-0.15, -0.1) is 0 Å². The van der Waals surface area contributed by atoms with E-state index in [-0.39, 0.29) is 10.6 Å². The molecule has 2 aliphatic heterocycles. The summed E-state index contributed by atoms with van der Waals surface area (Å²) in [6.45, 7) is 1.54. The molecule has 3 rings (SSSR count). The summed E-state index contributed by atoms with van der Waals surface area (Å²) < 4.78 is 0.163. The fraction of sp³-hybridized carbons (Fsp3) is 0.429. The van der Waals surface area contributed by atoms with E-state index in [0.29, 0.717) is 22.3 Å². The van der Waals surface area contributed by atoms with Crippen LogP contribution in [-0.2, 0) is 6.42 Å². The molecule has 2 heterocycles. The summed E-state index contributed by atoms with van der Waals surface area (Å²) in [5, 5.41) is 17.7. The zero-order valence-electron chi connectivity index (χ0n) is 11.0. The van der Waals surface area contributed by atoms with E-state index in [4.69, 9.17) is 23.2 Å². The molecule has 4 nitrogen and oxygen atoms in total. The molecular formula is C14H15Cl2N3O. The average Bonchev–Trinajstić information content (AvgIpc) is 2.71. The van der Waals surface area contributed by atoms with Crippen LogP contribution in [0.1, 0.15) is 24.8 Å². The van der Waals surface area contributed by atoms with Crippen molar-refractivity contribution >= 4 is 35.1 Å². The van der Waals surface area contributed by atoms with E-state index in [2.05, 4.69) is 10.1 Å². The number of rotatable bonds is 2. The molecule has 20 heavy (non-hydrogen) atoms. The average molecular weight is 312 g/mol. The molecule has 1 spiro atoms. The first-order valence-electron chi connectivity index (χ1n) is 6.75. The zero-order chi connectivity index (χ0) is 14.2. The third-order valence-electron chi connectivity index (χ3n) is 3.79. The maximum atomic E-state index is 12.1. The first kappa shape index (κ1) is 13.9. The Bertz CT molecular complexity index is 592. The van der Waals surface area contributed by atoms with Crippen molar-refractivity contribution in [2.24, 2.45) is 10.1 Å². The van der Waals surface area contributed by atoms with Crippen molar-refractivity contribution in [1.29, 1.82) is 0 Å². The minimum Gasteiger partial charge on any atom is -0.814 e. The predicted octanol–water partition coefficient (Wildman–Crippen LogP) is 2.58. The molecule has 0 atom stereocenters. The molecule has 0 aromatic heterocycles. The maximum Gasteiger partial charge on any atom is 0.199 e. The summed E-state index contributed by atoms with van der Waals surface area (Å²) in [6, 6.07) is 5.31. The molecule has 0 aliphatic carbocycles. The van der Waals surface area contributed by atoms with Gasteiger partial charge in [0, 0.05) is 6.42 Å². The van der Waals surface area contributed by atoms with Gasteiger partial charge in [-0.2, -0.15) is 9.58 Å². The number of nitrogens with zero attached hydrogens (tertiary/aromatic N) is 3. The van der Waals surface area contributed by atoms with Gasteiger partial charge in [0.2, 0.25) is 0 Å². The number of halogens is 2. The Balaban J connectivity index is 1.81. The highest BCUT2D eigenvalue weighted by molar-refractivity contribution is 6.42. The number of aliphatic imine (C=N–C) groups is 1. The van der Waals surface area contributed by atoms with Gasteiger partial charge in [0.25, 0.3) is 0 Å². The Morgan fingerprint density at radius 3 is 2.55 bits per heavy atom.